The minimum absolute atomic E-state index is 0.131. The van der Waals surface area contributed by atoms with Crippen LogP contribution in [-0.4, -0.2) is 22.9 Å². The van der Waals surface area contributed by atoms with Gasteiger partial charge in [0.2, 0.25) is 0 Å². The molecule has 0 aromatic heterocycles. The van der Waals surface area contributed by atoms with E-state index >= 15 is 0 Å². The van der Waals surface area contributed by atoms with Gasteiger partial charge in [0.1, 0.15) is 0 Å². The fourth-order valence-corrected chi connectivity index (χ4v) is 2.93. The van der Waals surface area contributed by atoms with Gasteiger partial charge in [0, 0.05) is 17.6 Å². The second-order valence-corrected chi connectivity index (χ2v) is 5.52. The lowest BCUT2D eigenvalue weighted by Crippen LogP contribution is -2.47. The Bertz CT molecular complexity index is 462. The number of nitrogens with one attached hydrogen (secondary N) is 1. The molecule has 2 rings (SSSR count). The molecule has 0 radical (unpaired) electrons. The van der Waals surface area contributed by atoms with E-state index < -0.39 is 0 Å². The zero-order valence-corrected chi connectivity index (χ0v) is 11.9. The van der Waals surface area contributed by atoms with Crippen molar-refractivity contribution in [1.29, 1.82) is 0 Å². The normalized spacial score (nSPS) is 23.3. The van der Waals surface area contributed by atoms with E-state index in [0.717, 1.165) is 29.7 Å². The van der Waals surface area contributed by atoms with Gasteiger partial charge in [0.25, 0.3) is 5.91 Å². The Morgan fingerprint density at radius 1 is 1.32 bits per heavy atom. The SMILES string of the molecule is Cc1cc(C(=O)N2C(C)CCCC2C)ccc1NN. The van der Waals surface area contributed by atoms with Crippen molar-refractivity contribution in [2.24, 2.45) is 5.84 Å². The Balaban J connectivity index is 2.25. The summed E-state index contributed by atoms with van der Waals surface area (Å²) in [5.74, 6) is 5.55. The number of amides is 1. The van der Waals surface area contributed by atoms with Crippen LogP contribution in [-0.2, 0) is 0 Å². The lowest BCUT2D eigenvalue weighted by Gasteiger charge is -2.39. The highest BCUT2D eigenvalue weighted by Crippen LogP contribution is 2.25. The van der Waals surface area contributed by atoms with Gasteiger partial charge in [0.15, 0.2) is 0 Å². The quantitative estimate of drug-likeness (QED) is 0.635. The summed E-state index contributed by atoms with van der Waals surface area (Å²) < 4.78 is 0. The summed E-state index contributed by atoms with van der Waals surface area (Å²) in [4.78, 5) is 14.7. The number of carbonyl (C=O) groups is 1. The van der Waals surface area contributed by atoms with Crippen LogP contribution in [0.25, 0.3) is 0 Å². The highest BCUT2D eigenvalue weighted by atomic mass is 16.2. The van der Waals surface area contributed by atoms with Crippen LogP contribution in [0.3, 0.4) is 0 Å². The maximum absolute atomic E-state index is 12.6. The lowest BCUT2D eigenvalue weighted by atomic mass is 9.96. The standard InChI is InChI=1S/C15H23N3O/c1-10-9-13(7-8-14(10)17-16)15(19)18-11(2)5-4-6-12(18)3/h7-9,11-12,17H,4-6,16H2,1-3H3. The summed E-state index contributed by atoms with van der Waals surface area (Å²) in [5, 5.41) is 0. The van der Waals surface area contributed by atoms with Crippen LogP contribution in [0.4, 0.5) is 5.69 Å². The van der Waals surface area contributed by atoms with E-state index in [9.17, 15) is 4.79 Å². The first-order valence-corrected chi connectivity index (χ1v) is 6.94. The molecule has 1 amide bonds. The zero-order chi connectivity index (χ0) is 14.0. The van der Waals surface area contributed by atoms with Gasteiger partial charge in [-0.25, -0.2) is 0 Å². The Labute approximate surface area is 114 Å². The number of hydrogen-bond acceptors (Lipinski definition) is 3. The van der Waals surface area contributed by atoms with Gasteiger partial charge in [-0.1, -0.05) is 0 Å². The summed E-state index contributed by atoms with van der Waals surface area (Å²) in [7, 11) is 0. The third-order valence-corrected chi connectivity index (χ3v) is 4.06. The minimum Gasteiger partial charge on any atom is -0.333 e. The molecule has 3 N–H and O–H groups in total. The molecule has 4 heteroatoms. The monoisotopic (exact) mass is 261 g/mol. The van der Waals surface area contributed by atoms with Crippen LogP contribution in [0, 0.1) is 6.92 Å². The van der Waals surface area contributed by atoms with Gasteiger partial charge in [-0.3, -0.25) is 10.6 Å². The van der Waals surface area contributed by atoms with E-state index in [1.807, 2.05) is 30.0 Å². The van der Waals surface area contributed by atoms with E-state index in [1.165, 1.54) is 6.42 Å². The Kier molecular flexibility index (Phi) is 4.10. The number of rotatable bonds is 2. The summed E-state index contributed by atoms with van der Waals surface area (Å²) in [6.45, 7) is 6.22. The summed E-state index contributed by atoms with van der Waals surface area (Å²) >= 11 is 0. The zero-order valence-electron chi connectivity index (χ0n) is 11.9. The number of hydrogen-bond donors (Lipinski definition) is 2. The molecule has 0 aliphatic carbocycles. The molecule has 104 valence electrons. The van der Waals surface area contributed by atoms with Crippen LogP contribution >= 0.6 is 0 Å². The number of hydrazine groups is 1. The van der Waals surface area contributed by atoms with E-state index in [4.69, 9.17) is 5.84 Å². The summed E-state index contributed by atoms with van der Waals surface area (Å²) in [6, 6.07) is 6.26. The van der Waals surface area contributed by atoms with Gasteiger partial charge < -0.3 is 10.3 Å². The van der Waals surface area contributed by atoms with Crippen LogP contribution in [0.5, 0.6) is 0 Å². The van der Waals surface area contributed by atoms with Crippen molar-refractivity contribution in [3.63, 3.8) is 0 Å². The highest BCUT2D eigenvalue weighted by molar-refractivity contribution is 5.95. The van der Waals surface area contributed by atoms with E-state index in [1.54, 1.807) is 0 Å². The molecule has 2 atom stereocenters. The fraction of sp³-hybridized carbons (Fsp3) is 0.533. The average Bonchev–Trinajstić information content (AvgIpc) is 2.38. The first kappa shape index (κ1) is 13.9. The van der Waals surface area contributed by atoms with Gasteiger partial charge >= 0.3 is 0 Å². The summed E-state index contributed by atoms with van der Waals surface area (Å²) in [5.41, 5.74) is 5.23. The van der Waals surface area contributed by atoms with Gasteiger partial charge in [-0.05, 0) is 63.8 Å². The van der Waals surface area contributed by atoms with Gasteiger partial charge in [-0.2, -0.15) is 0 Å². The van der Waals surface area contributed by atoms with Crippen LogP contribution in [0.2, 0.25) is 0 Å². The maximum Gasteiger partial charge on any atom is 0.254 e. The first-order valence-electron chi connectivity index (χ1n) is 6.94. The number of likely N-dealkylation sites (tertiary alicyclic amines) is 1. The Morgan fingerprint density at radius 2 is 1.95 bits per heavy atom. The number of carbonyl (C=O) groups excluding carboxylic acids is 1. The molecule has 1 heterocycles. The second kappa shape index (κ2) is 5.61. The molecular formula is C15H23N3O. The third-order valence-electron chi connectivity index (χ3n) is 4.06. The molecule has 1 aliphatic rings. The molecule has 1 fully saturated rings. The van der Waals surface area contributed by atoms with Crippen molar-refractivity contribution in [1.82, 2.24) is 4.90 Å². The summed E-state index contributed by atoms with van der Waals surface area (Å²) in [6.07, 6.45) is 3.40. The van der Waals surface area contributed by atoms with Crippen LogP contribution in [0.15, 0.2) is 18.2 Å². The molecule has 1 aliphatic heterocycles. The van der Waals surface area contributed by atoms with Crippen molar-refractivity contribution in [3.05, 3.63) is 29.3 Å². The molecule has 0 saturated carbocycles. The molecule has 1 saturated heterocycles. The smallest absolute Gasteiger partial charge is 0.254 e. The molecule has 0 spiro atoms. The van der Waals surface area contributed by atoms with Crippen molar-refractivity contribution >= 4 is 11.6 Å². The number of nitrogens with two attached hydrogens (primary N) is 1. The second-order valence-electron chi connectivity index (χ2n) is 5.52. The van der Waals surface area contributed by atoms with E-state index in [-0.39, 0.29) is 5.91 Å². The number of nitrogens with zero attached hydrogens (tertiary/aromatic N) is 1. The number of benzene rings is 1. The van der Waals surface area contributed by atoms with Gasteiger partial charge in [0.05, 0.1) is 5.69 Å². The highest BCUT2D eigenvalue weighted by Gasteiger charge is 2.29. The van der Waals surface area contributed by atoms with Crippen molar-refractivity contribution in [3.8, 4) is 0 Å². The molecule has 1 aromatic carbocycles. The Morgan fingerprint density at radius 3 is 2.47 bits per heavy atom. The average molecular weight is 261 g/mol. The predicted molar refractivity (Wildman–Crippen MR) is 77.9 cm³/mol. The molecule has 1 aromatic rings. The molecule has 0 bridgehead atoms. The van der Waals surface area contributed by atoms with Gasteiger partial charge in [-0.15, -0.1) is 0 Å². The fourth-order valence-electron chi connectivity index (χ4n) is 2.93. The molecule has 19 heavy (non-hydrogen) atoms. The predicted octanol–water partition coefficient (Wildman–Crippen LogP) is 2.68. The van der Waals surface area contributed by atoms with Crippen molar-refractivity contribution in [2.75, 3.05) is 5.43 Å². The largest absolute Gasteiger partial charge is 0.333 e. The maximum atomic E-state index is 12.6. The Hall–Kier alpha value is -1.55. The number of piperidine rings is 1. The molecular weight excluding hydrogens is 238 g/mol. The lowest BCUT2D eigenvalue weighted by molar-refractivity contribution is 0.0510. The number of aryl methyl sites for hydroxylation is 1. The van der Waals surface area contributed by atoms with Crippen molar-refractivity contribution in [2.45, 2.75) is 52.1 Å². The minimum atomic E-state index is 0.131. The van der Waals surface area contributed by atoms with E-state index in [0.29, 0.717) is 12.1 Å². The first-order chi connectivity index (χ1) is 9.04. The number of anilines is 1. The topological polar surface area (TPSA) is 58.4 Å². The van der Waals surface area contributed by atoms with E-state index in [2.05, 4.69) is 19.3 Å². The molecule has 4 nitrogen and oxygen atoms in total. The third kappa shape index (κ3) is 2.73. The van der Waals surface area contributed by atoms with Crippen molar-refractivity contribution < 1.29 is 4.79 Å². The van der Waals surface area contributed by atoms with Crippen LogP contribution < -0.4 is 11.3 Å². The number of nitrogen functional groups attached to an aromatic ring is 1. The molecule has 2 unspecified atom stereocenters. The van der Waals surface area contributed by atoms with Crippen LogP contribution in [0.1, 0.15) is 49.0 Å².